The van der Waals surface area contributed by atoms with Gasteiger partial charge in [0, 0.05) is 41.8 Å². The van der Waals surface area contributed by atoms with E-state index in [4.69, 9.17) is 14.8 Å². The van der Waals surface area contributed by atoms with E-state index in [1.165, 1.54) is 11.3 Å². The number of benzene rings is 1. The van der Waals surface area contributed by atoms with E-state index in [0.29, 0.717) is 0 Å². The predicted octanol–water partition coefficient (Wildman–Crippen LogP) is 4.40. The molecule has 7 heteroatoms. The minimum absolute atomic E-state index is 0.879. The highest BCUT2D eigenvalue weighted by Crippen LogP contribution is 2.36. The largest absolute Gasteiger partial charge is 0.497 e. The highest BCUT2D eigenvalue weighted by atomic mass is 32.1. The normalized spacial score (nSPS) is 13.0. The van der Waals surface area contributed by atoms with Crippen molar-refractivity contribution in [1.29, 1.82) is 0 Å². The molecule has 0 fully saturated rings. The molecule has 0 aliphatic carbocycles. The summed E-state index contributed by atoms with van der Waals surface area (Å²) in [5.74, 6) is 1.83. The number of aryl methyl sites for hydroxylation is 1. The second-order valence-corrected chi connectivity index (χ2v) is 7.60. The first kappa shape index (κ1) is 16.9. The third-order valence-corrected chi connectivity index (χ3v) is 5.68. The number of fused-ring (bicyclic) bond motifs is 1. The lowest BCUT2D eigenvalue weighted by atomic mass is 10.1. The van der Waals surface area contributed by atoms with Gasteiger partial charge in [0.25, 0.3) is 0 Å². The summed E-state index contributed by atoms with van der Waals surface area (Å²) in [4.78, 5) is 11.4. The van der Waals surface area contributed by atoms with E-state index in [1.54, 1.807) is 24.6 Å². The van der Waals surface area contributed by atoms with E-state index in [1.807, 2.05) is 41.4 Å². The van der Waals surface area contributed by atoms with Gasteiger partial charge in [-0.1, -0.05) is 0 Å². The first-order valence-electron chi connectivity index (χ1n) is 9.10. The molecule has 0 bridgehead atoms. The quantitative estimate of drug-likeness (QED) is 0.518. The monoisotopic (exact) mass is 389 g/mol. The Bertz CT molecular complexity index is 1140. The molecule has 0 atom stereocenters. The zero-order valence-corrected chi connectivity index (χ0v) is 16.5. The molecule has 0 radical (unpaired) electrons. The Labute approximate surface area is 167 Å². The zero-order valence-electron chi connectivity index (χ0n) is 15.7. The minimum Gasteiger partial charge on any atom is -0.497 e. The number of ether oxygens (including phenoxy) is 1. The fourth-order valence-electron chi connectivity index (χ4n) is 3.58. The molecule has 140 valence electrons. The molecule has 0 N–H and O–H groups in total. The Kier molecular flexibility index (Phi) is 4.09. The molecule has 0 spiro atoms. The number of hydrogen-bond acceptors (Lipinski definition) is 6. The van der Waals surface area contributed by atoms with Gasteiger partial charge >= 0.3 is 0 Å². The molecule has 0 amide bonds. The van der Waals surface area contributed by atoms with E-state index < -0.39 is 0 Å². The van der Waals surface area contributed by atoms with Gasteiger partial charge in [-0.25, -0.2) is 14.6 Å². The third-order valence-electron chi connectivity index (χ3n) is 4.89. The molecular weight excluding hydrogens is 370 g/mol. The van der Waals surface area contributed by atoms with E-state index in [0.717, 1.165) is 46.6 Å². The van der Waals surface area contributed by atoms with Gasteiger partial charge in [0.2, 0.25) is 0 Å². The molecule has 0 saturated carbocycles. The number of methoxy groups -OCH3 is 1. The third kappa shape index (κ3) is 2.93. The molecule has 1 aliphatic heterocycles. The van der Waals surface area contributed by atoms with Crippen LogP contribution in [0.3, 0.4) is 0 Å². The summed E-state index contributed by atoms with van der Waals surface area (Å²) >= 11 is 1.59. The van der Waals surface area contributed by atoms with Crippen LogP contribution in [-0.4, -0.2) is 33.4 Å². The Morgan fingerprint density at radius 3 is 2.89 bits per heavy atom. The van der Waals surface area contributed by atoms with Crippen LogP contribution in [0.4, 0.5) is 11.5 Å². The van der Waals surface area contributed by atoms with E-state index in [9.17, 15) is 0 Å². The van der Waals surface area contributed by atoms with Gasteiger partial charge in [-0.05, 0) is 49.2 Å². The molecule has 0 saturated heterocycles. The first-order chi connectivity index (χ1) is 13.7. The van der Waals surface area contributed by atoms with Gasteiger partial charge in [-0.3, -0.25) is 0 Å². The fourth-order valence-corrected chi connectivity index (χ4v) is 4.18. The highest BCUT2D eigenvalue weighted by molar-refractivity contribution is 7.13. The molecule has 28 heavy (non-hydrogen) atoms. The molecule has 0 unspecified atom stereocenters. The lowest BCUT2D eigenvalue weighted by molar-refractivity contribution is 0.414. The van der Waals surface area contributed by atoms with Gasteiger partial charge in [-0.15, -0.1) is 11.3 Å². The average molecular weight is 389 g/mol. The van der Waals surface area contributed by atoms with Gasteiger partial charge in [0.15, 0.2) is 0 Å². The molecule has 5 rings (SSSR count). The topological polar surface area (TPSA) is 56.1 Å². The van der Waals surface area contributed by atoms with Gasteiger partial charge in [0.1, 0.15) is 22.3 Å². The second kappa shape index (κ2) is 6.76. The lowest BCUT2D eigenvalue weighted by Crippen LogP contribution is -2.15. The van der Waals surface area contributed by atoms with Crippen molar-refractivity contribution >= 4 is 22.8 Å². The molecule has 1 aromatic carbocycles. The van der Waals surface area contributed by atoms with Gasteiger partial charge in [0.05, 0.1) is 12.8 Å². The van der Waals surface area contributed by atoms with Crippen LogP contribution in [0.25, 0.3) is 16.4 Å². The van der Waals surface area contributed by atoms with E-state index in [-0.39, 0.29) is 0 Å². The van der Waals surface area contributed by atoms with Crippen LogP contribution in [-0.2, 0) is 6.42 Å². The van der Waals surface area contributed by atoms with Crippen LogP contribution in [0.5, 0.6) is 5.75 Å². The Hall–Kier alpha value is -3.19. The summed E-state index contributed by atoms with van der Waals surface area (Å²) in [6.07, 6.45) is 4.75. The fraction of sp³-hybridized carbons (Fsp3) is 0.190. The Morgan fingerprint density at radius 1 is 1.14 bits per heavy atom. The maximum absolute atomic E-state index is 5.36. The predicted molar refractivity (Wildman–Crippen MR) is 111 cm³/mol. The number of hydrogen-bond donors (Lipinski definition) is 0. The summed E-state index contributed by atoms with van der Waals surface area (Å²) in [5, 5.41) is 7.59. The number of anilines is 2. The van der Waals surface area contributed by atoms with E-state index >= 15 is 0 Å². The van der Waals surface area contributed by atoms with Crippen molar-refractivity contribution in [2.45, 2.75) is 13.3 Å². The minimum atomic E-state index is 0.879. The molecule has 1 aliphatic rings. The number of nitrogens with zero attached hydrogens (tertiary/aromatic N) is 5. The maximum Gasteiger partial charge on any atom is 0.143 e. The smallest absolute Gasteiger partial charge is 0.143 e. The van der Waals surface area contributed by atoms with Crippen LogP contribution < -0.4 is 9.64 Å². The molecule has 4 aromatic rings. The van der Waals surface area contributed by atoms with Crippen LogP contribution >= 0.6 is 11.3 Å². The SMILES string of the molecule is COc1ccc2c(c1)CCN2c1cc(-n2ccc(-c3nccs3)n2)cc(C)n1. The van der Waals surface area contributed by atoms with Crippen LogP contribution in [0, 0.1) is 6.92 Å². The molecular formula is C21H19N5OS. The van der Waals surface area contributed by atoms with Crippen molar-refractivity contribution in [3.63, 3.8) is 0 Å². The van der Waals surface area contributed by atoms with Crippen LogP contribution in [0.15, 0.2) is 54.2 Å². The van der Waals surface area contributed by atoms with Crippen molar-refractivity contribution in [3.05, 3.63) is 65.4 Å². The summed E-state index contributed by atoms with van der Waals surface area (Å²) < 4.78 is 7.25. The number of rotatable bonds is 4. The van der Waals surface area contributed by atoms with Crippen molar-refractivity contribution in [1.82, 2.24) is 19.7 Å². The highest BCUT2D eigenvalue weighted by Gasteiger charge is 2.22. The summed E-state index contributed by atoms with van der Waals surface area (Å²) in [6.45, 7) is 2.92. The summed E-state index contributed by atoms with van der Waals surface area (Å²) in [7, 11) is 1.70. The number of aromatic nitrogens is 4. The molecule has 3 aromatic heterocycles. The first-order valence-corrected chi connectivity index (χ1v) is 9.98. The summed E-state index contributed by atoms with van der Waals surface area (Å²) in [6, 6.07) is 12.4. The molecule has 4 heterocycles. The van der Waals surface area contributed by atoms with Gasteiger partial charge < -0.3 is 9.64 Å². The van der Waals surface area contributed by atoms with Crippen LogP contribution in [0.1, 0.15) is 11.3 Å². The zero-order chi connectivity index (χ0) is 19.1. The van der Waals surface area contributed by atoms with Crippen molar-refractivity contribution in [2.75, 3.05) is 18.6 Å². The second-order valence-electron chi connectivity index (χ2n) is 6.70. The summed E-state index contributed by atoms with van der Waals surface area (Å²) in [5.41, 5.74) is 5.31. The lowest BCUT2D eigenvalue weighted by Gasteiger charge is -2.20. The standard InChI is InChI=1S/C21H19N5OS/c1-14-11-16(26-9-6-18(24-26)21-22-7-10-28-21)13-20(23-14)25-8-5-15-12-17(27-2)3-4-19(15)25/h3-4,6-7,9-13H,5,8H2,1-2H3. The Balaban J connectivity index is 1.51. The maximum atomic E-state index is 5.36. The van der Waals surface area contributed by atoms with Crippen molar-refractivity contribution in [3.8, 4) is 22.1 Å². The van der Waals surface area contributed by atoms with Crippen LogP contribution in [0.2, 0.25) is 0 Å². The number of thiazole rings is 1. The van der Waals surface area contributed by atoms with E-state index in [2.05, 4.69) is 28.1 Å². The van der Waals surface area contributed by atoms with Gasteiger partial charge in [-0.2, -0.15) is 5.10 Å². The molecule has 6 nitrogen and oxygen atoms in total. The average Bonchev–Trinajstić information content (AvgIpc) is 3.46. The Morgan fingerprint density at radius 2 is 2.07 bits per heavy atom. The number of pyridine rings is 1. The van der Waals surface area contributed by atoms with Crippen molar-refractivity contribution in [2.24, 2.45) is 0 Å². The van der Waals surface area contributed by atoms with Crippen molar-refractivity contribution < 1.29 is 4.74 Å².